The molecule has 5 heteroatoms. The van der Waals surface area contributed by atoms with Gasteiger partial charge in [-0.05, 0) is 29.8 Å². The zero-order chi connectivity index (χ0) is 14.3. The first-order valence-electron chi connectivity index (χ1n) is 6.04. The summed E-state index contributed by atoms with van der Waals surface area (Å²) in [7, 11) is 0. The van der Waals surface area contributed by atoms with Gasteiger partial charge in [0.1, 0.15) is 0 Å². The zero-order valence-corrected chi connectivity index (χ0v) is 10.3. The van der Waals surface area contributed by atoms with Crippen LogP contribution in [0, 0.1) is 0 Å². The summed E-state index contributed by atoms with van der Waals surface area (Å²) in [4.78, 5) is 13.6. The van der Waals surface area contributed by atoms with Crippen LogP contribution in [-0.2, 0) is 12.7 Å². The molecule has 0 spiro atoms. The first-order valence-corrected chi connectivity index (χ1v) is 6.04. The van der Waals surface area contributed by atoms with E-state index in [-0.39, 0.29) is 17.7 Å². The lowest BCUT2D eigenvalue weighted by molar-refractivity contribution is -0.138. The fourth-order valence-electron chi connectivity index (χ4n) is 2.41. The molecule has 0 unspecified atom stereocenters. The number of hydrogen-bond acceptors (Lipinski definition) is 1. The molecular weight excluding hydrogens is 267 g/mol. The van der Waals surface area contributed by atoms with Crippen LogP contribution in [0.2, 0.25) is 0 Å². The highest BCUT2D eigenvalue weighted by Crippen LogP contribution is 2.38. The number of para-hydroxylation sites is 1. The molecule has 3 rings (SSSR count). The van der Waals surface area contributed by atoms with Crippen molar-refractivity contribution in [3.05, 3.63) is 65.2 Å². The number of anilines is 1. The van der Waals surface area contributed by atoms with E-state index < -0.39 is 17.6 Å². The normalized spacial score (nSPS) is 14.6. The standard InChI is InChI=1S/C15H10F3NO/c16-15(17,18)13-8-4-7-11-12(13)9-19(14(11)20)10-5-2-1-3-6-10/h1-8H,9H2. The lowest BCUT2D eigenvalue weighted by Crippen LogP contribution is -2.22. The number of rotatable bonds is 1. The molecule has 1 heterocycles. The van der Waals surface area contributed by atoms with Crippen LogP contribution >= 0.6 is 0 Å². The van der Waals surface area contributed by atoms with Gasteiger partial charge >= 0.3 is 6.18 Å². The number of alkyl halides is 3. The van der Waals surface area contributed by atoms with Crippen molar-refractivity contribution in [1.82, 2.24) is 0 Å². The molecule has 2 nitrogen and oxygen atoms in total. The Morgan fingerprint density at radius 2 is 1.65 bits per heavy atom. The Bertz CT molecular complexity index is 665. The summed E-state index contributed by atoms with van der Waals surface area (Å²) in [5.74, 6) is -0.391. The highest BCUT2D eigenvalue weighted by atomic mass is 19.4. The van der Waals surface area contributed by atoms with Gasteiger partial charge in [0.2, 0.25) is 0 Å². The summed E-state index contributed by atoms with van der Waals surface area (Å²) in [6.07, 6.45) is -4.45. The Kier molecular flexibility index (Phi) is 2.78. The van der Waals surface area contributed by atoms with Crippen molar-refractivity contribution < 1.29 is 18.0 Å². The number of fused-ring (bicyclic) bond motifs is 1. The van der Waals surface area contributed by atoms with Crippen molar-refractivity contribution in [2.75, 3.05) is 4.90 Å². The average Bonchev–Trinajstić information content (AvgIpc) is 2.76. The highest BCUT2D eigenvalue weighted by Gasteiger charge is 2.39. The van der Waals surface area contributed by atoms with Gasteiger partial charge in [-0.25, -0.2) is 0 Å². The monoisotopic (exact) mass is 277 g/mol. The van der Waals surface area contributed by atoms with E-state index in [4.69, 9.17) is 0 Å². The van der Waals surface area contributed by atoms with E-state index in [1.807, 2.05) is 0 Å². The SMILES string of the molecule is O=C1c2cccc(C(F)(F)F)c2CN1c1ccccc1. The fourth-order valence-corrected chi connectivity index (χ4v) is 2.41. The second kappa shape index (κ2) is 4.37. The summed E-state index contributed by atoms with van der Waals surface area (Å²) in [6, 6.07) is 12.4. The Hall–Kier alpha value is -2.30. The van der Waals surface area contributed by atoms with Gasteiger partial charge in [0.25, 0.3) is 5.91 Å². The maximum absolute atomic E-state index is 13.0. The summed E-state index contributed by atoms with van der Waals surface area (Å²) in [5, 5.41) is 0. The molecule has 0 N–H and O–H groups in total. The van der Waals surface area contributed by atoms with Gasteiger partial charge in [-0.2, -0.15) is 13.2 Å². The molecule has 2 aromatic carbocycles. The molecule has 2 aromatic rings. The van der Waals surface area contributed by atoms with E-state index in [1.165, 1.54) is 17.0 Å². The van der Waals surface area contributed by atoms with Gasteiger partial charge in [0.05, 0.1) is 12.1 Å². The third-order valence-corrected chi connectivity index (χ3v) is 3.34. The Labute approximate surface area is 113 Å². The van der Waals surface area contributed by atoms with Gasteiger partial charge in [0.15, 0.2) is 0 Å². The third kappa shape index (κ3) is 1.95. The Morgan fingerprint density at radius 1 is 0.950 bits per heavy atom. The molecule has 1 aliphatic rings. The molecule has 0 radical (unpaired) electrons. The highest BCUT2D eigenvalue weighted by molar-refractivity contribution is 6.10. The van der Waals surface area contributed by atoms with Crippen molar-refractivity contribution in [2.45, 2.75) is 12.7 Å². The molecule has 0 bridgehead atoms. The fraction of sp³-hybridized carbons (Fsp3) is 0.133. The molecule has 1 amide bonds. The first-order chi connectivity index (χ1) is 9.48. The van der Waals surface area contributed by atoms with Crippen molar-refractivity contribution in [1.29, 1.82) is 0 Å². The number of carbonyl (C=O) groups is 1. The van der Waals surface area contributed by atoms with Gasteiger partial charge in [-0.15, -0.1) is 0 Å². The number of halogens is 3. The van der Waals surface area contributed by atoms with Crippen molar-refractivity contribution in [3.8, 4) is 0 Å². The van der Waals surface area contributed by atoms with Crippen LogP contribution in [0.4, 0.5) is 18.9 Å². The van der Waals surface area contributed by atoms with Gasteiger partial charge < -0.3 is 4.90 Å². The predicted molar refractivity (Wildman–Crippen MR) is 68.4 cm³/mol. The summed E-state index contributed by atoms with van der Waals surface area (Å²) < 4.78 is 38.9. The minimum absolute atomic E-state index is 0.0478. The number of benzene rings is 2. The minimum atomic E-state index is -4.45. The molecule has 0 saturated carbocycles. The van der Waals surface area contributed by atoms with Gasteiger partial charge in [-0.3, -0.25) is 4.79 Å². The topological polar surface area (TPSA) is 20.3 Å². The predicted octanol–water partition coefficient (Wildman–Crippen LogP) is 3.87. The van der Waals surface area contributed by atoms with Crippen LogP contribution in [0.1, 0.15) is 21.5 Å². The van der Waals surface area contributed by atoms with E-state index >= 15 is 0 Å². The number of nitrogens with zero attached hydrogens (tertiary/aromatic N) is 1. The van der Waals surface area contributed by atoms with Crippen molar-refractivity contribution in [3.63, 3.8) is 0 Å². The third-order valence-electron chi connectivity index (χ3n) is 3.34. The Balaban J connectivity index is 2.07. The first kappa shape index (κ1) is 12.7. The van der Waals surface area contributed by atoms with Crippen LogP contribution in [0.15, 0.2) is 48.5 Å². The second-order valence-electron chi connectivity index (χ2n) is 4.56. The number of hydrogen-bond donors (Lipinski definition) is 0. The Morgan fingerprint density at radius 3 is 2.30 bits per heavy atom. The quantitative estimate of drug-likeness (QED) is 0.775. The molecular formula is C15H10F3NO. The van der Waals surface area contributed by atoms with Crippen LogP contribution < -0.4 is 4.90 Å². The van der Waals surface area contributed by atoms with Crippen molar-refractivity contribution >= 4 is 11.6 Å². The van der Waals surface area contributed by atoms with Crippen LogP contribution in [0.25, 0.3) is 0 Å². The molecule has 0 aliphatic carbocycles. The molecule has 102 valence electrons. The van der Waals surface area contributed by atoms with E-state index in [0.29, 0.717) is 5.69 Å². The molecule has 0 atom stereocenters. The largest absolute Gasteiger partial charge is 0.416 e. The zero-order valence-electron chi connectivity index (χ0n) is 10.3. The van der Waals surface area contributed by atoms with E-state index in [2.05, 4.69) is 0 Å². The molecule has 0 fully saturated rings. The van der Waals surface area contributed by atoms with Gasteiger partial charge in [-0.1, -0.05) is 24.3 Å². The summed E-state index contributed by atoms with van der Waals surface area (Å²) in [5.41, 5.74) is 0.0427. The van der Waals surface area contributed by atoms with Crippen LogP contribution in [0.3, 0.4) is 0 Å². The summed E-state index contributed by atoms with van der Waals surface area (Å²) >= 11 is 0. The average molecular weight is 277 g/mol. The lowest BCUT2D eigenvalue weighted by atomic mass is 10.0. The summed E-state index contributed by atoms with van der Waals surface area (Å²) in [6.45, 7) is -0.0478. The van der Waals surface area contributed by atoms with E-state index in [1.54, 1.807) is 30.3 Å². The molecule has 20 heavy (non-hydrogen) atoms. The van der Waals surface area contributed by atoms with E-state index in [9.17, 15) is 18.0 Å². The number of amides is 1. The van der Waals surface area contributed by atoms with Crippen molar-refractivity contribution in [2.24, 2.45) is 0 Å². The smallest absolute Gasteiger partial charge is 0.304 e. The van der Waals surface area contributed by atoms with Crippen LogP contribution in [0.5, 0.6) is 0 Å². The maximum Gasteiger partial charge on any atom is 0.416 e. The molecule has 1 aliphatic heterocycles. The second-order valence-corrected chi connectivity index (χ2v) is 4.56. The molecule has 0 aromatic heterocycles. The van der Waals surface area contributed by atoms with E-state index in [0.717, 1.165) is 6.07 Å². The van der Waals surface area contributed by atoms with Crippen LogP contribution in [-0.4, -0.2) is 5.91 Å². The lowest BCUT2D eigenvalue weighted by Gasteiger charge is -2.16. The number of carbonyl (C=O) groups excluding carboxylic acids is 1. The molecule has 0 saturated heterocycles. The minimum Gasteiger partial charge on any atom is -0.304 e. The van der Waals surface area contributed by atoms with Gasteiger partial charge in [0, 0.05) is 11.3 Å². The maximum atomic E-state index is 13.0.